The van der Waals surface area contributed by atoms with Gasteiger partial charge in [0.25, 0.3) is 5.69 Å². The molecule has 5 nitrogen and oxygen atoms in total. The SMILES string of the molecule is O=[N+]([O-])c1c[c]nnc1. The molecule has 1 aromatic heterocycles. The molecule has 0 aliphatic carbocycles. The highest BCUT2D eigenvalue weighted by atomic mass is 16.6. The molecule has 0 saturated heterocycles. The van der Waals surface area contributed by atoms with Gasteiger partial charge in [0.05, 0.1) is 4.92 Å². The molecule has 0 N–H and O–H groups in total. The van der Waals surface area contributed by atoms with Gasteiger partial charge in [0.15, 0.2) is 0 Å². The lowest BCUT2D eigenvalue weighted by Gasteiger charge is -1.83. The van der Waals surface area contributed by atoms with Crippen molar-refractivity contribution in [1.82, 2.24) is 10.2 Å². The monoisotopic (exact) mass is 124 g/mol. The third kappa shape index (κ3) is 1.18. The summed E-state index contributed by atoms with van der Waals surface area (Å²) in [6, 6.07) is 1.16. The van der Waals surface area contributed by atoms with E-state index >= 15 is 0 Å². The van der Waals surface area contributed by atoms with Crippen LogP contribution in [0.1, 0.15) is 0 Å². The van der Waals surface area contributed by atoms with E-state index in [1.807, 2.05) is 0 Å². The molecule has 0 bridgehead atoms. The van der Waals surface area contributed by atoms with E-state index in [1.54, 1.807) is 0 Å². The lowest BCUT2D eigenvalue weighted by molar-refractivity contribution is -0.385. The standard InChI is InChI=1S/C4H2N3O2/c8-7(9)4-1-2-5-6-3-4/h1,3H. The third-order valence-corrected chi connectivity index (χ3v) is 0.729. The molecule has 9 heavy (non-hydrogen) atoms. The first-order chi connectivity index (χ1) is 4.30. The van der Waals surface area contributed by atoms with Crippen molar-refractivity contribution >= 4 is 5.69 Å². The predicted octanol–water partition coefficient (Wildman–Crippen LogP) is 0.185. The fourth-order valence-corrected chi connectivity index (χ4v) is 0.353. The minimum atomic E-state index is -0.550. The van der Waals surface area contributed by atoms with Crippen LogP contribution in [0.25, 0.3) is 0 Å². The van der Waals surface area contributed by atoms with Crippen LogP contribution >= 0.6 is 0 Å². The molecule has 0 amide bonds. The van der Waals surface area contributed by atoms with Crippen molar-refractivity contribution < 1.29 is 4.92 Å². The Balaban J connectivity index is 2.98. The number of rotatable bonds is 1. The maximum atomic E-state index is 9.92. The molecule has 1 aromatic rings. The number of nitro groups is 1. The summed E-state index contributed by atoms with van der Waals surface area (Å²) in [5.41, 5.74) is -0.0926. The maximum absolute atomic E-state index is 9.92. The van der Waals surface area contributed by atoms with Gasteiger partial charge < -0.3 is 0 Å². The molecule has 0 saturated carbocycles. The average Bonchev–Trinajstić information content (AvgIpc) is 1.90. The van der Waals surface area contributed by atoms with Crippen LogP contribution in [0.2, 0.25) is 0 Å². The summed E-state index contributed by atoms with van der Waals surface area (Å²) in [5.74, 6) is 0. The van der Waals surface area contributed by atoms with Crippen LogP contribution in [-0.4, -0.2) is 15.1 Å². The summed E-state index contributed by atoms with van der Waals surface area (Å²) < 4.78 is 0. The van der Waals surface area contributed by atoms with Crippen molar-refractivity contribution in [1.29, 1.82) is 0 Å². The smallest absolute Gasteiger partial charge is 0.258 e. The highest BCUT2D eigenvalue weighted by Gasteiger charge is 2.01. The van der Waals surface area contributed by atoms with Gasteiger partial charge in [-0.15, -0.1) is 5.10 Å². The van der Waals surface area contributed by atoms with Gasteiger partial charge in [0.1, 0.15) is 12.4 Å². The van der Waals surface area contributed by atoms with Gasteiger partial charge in [-0.1, -0.05) is 0 Å². The summed E-state index contributed by atoms with van der Waals surface area (Å²) >= 11 is 0. The van der Waals surface area contributed by atoms with E-state index in [0.717, 1.165) is 12.3 Å². The molecule has 0 aliphatic rings. The lowest BCUT2D eigenvalue weighted by Crippen LogP contribution is -1.88. The summed E-state index contributed by atoms with van der Waals surface area (Å²) in [4.78, 5) is 9.37. The predicted molar refractivity (Wildman–Crippen MR) is 27.5 cm³/mol. The van der Waals surface area contributed by atoms with Crippen molar-refractivity contribution in [3.05, 3.63) is 28.6 Å². The van der Waals surface area contributed by atoms with E-state index in [1.165, 1.54) is 0 Å². The normalized spacial score (nSPS) is 8.89. The van der Waals surface area contributed by atoms with E-state index in [0.29, 0.717) is 0 Å². The first kappa shape index (κ1) is 5.61. The van der Waals surface area contributed by atoms with Crippen LogP contribution in [0.5, 0.6) is 0 Å². The van der Waals surface area contributed by atoms with Crippen molar-refractivity contribution in [3.63, 3.8) is 0 Å². The van der Waals surface area contributed by atoms with Gasteiger partial charge in [-0.25, -0.2) is 0 Å². The van der Waals surface area contributed by atoms with Crippen LogP contribution in [0.3, 0.4) is 0 Å². The fourth-order valence-electron chi connectivity index (χ4n) is 0.353. The second kappa shape index (κ2) is 2.17. The van der Waals surface area contributed by atoms with Crippen molar-refractivity contribution in [2.45, 2.75) is 0 Å². The topological polar surface area (TPSA) is 68.9 Å². The molecule has 0 aliphatic heterocycles. The van der Waals surface area contributed by atoms with E-state index in [-0.39, 0.29) is 5.69 Å². The van der Waals surface area contributed by atoms with Crippen LogP contribution in [-0.2, 0) is 0 Å². The molecular formula is C4H2N3O2. The molecular weight excluding hydrogens is 122 g/mol. The van der Waals surface area contributed by atoms with Crippen LogP contribution in [0, 0.1) is 16.3 Å². The molecule has 5 heteroatoms. The zero-order valence-electron chi connectivity index (χ0n) is 4.31. The largest absolute Gasteiger partial charge is 0.291 e. The van der Waals surface area contributed by atoms with Crippen LogP contribution in [0.4, 0.5) is 5.69 Å². The summed E-state index contributed by atoms with van der Waals surface area (Å²) in [7, 11) is 0. The van der Waals surface area contributed by atoms with Gasteiger partial charge in [-0.3, -0.25) is 10.1 Å². The Kier molecular flexibility index (Phi) is 1.35. The molecule has 0 fully saturated rings. The van der Waals surface area contributed by atoms with Crippen LogP contribution < -0.4 is 0 Å². The molecule has 0 aromatic carbocycles. The van der Waals surface area contributed by atoms with Gasteiger partial charge in [-0.2, -0.15) is 5.10 Å². The Labute approximate surface area is 50.5 Å². The minimum Gasteiger partial charge on any atom is -0.258 e. The summed E-state index contributed by atoms with van der Waals surface area (Å²) in [6.45, 7) is 0. The highest BCUT2D eigenvalue weighted by Crippen LogP contribution is 2.02. The molecule has 1 heterocycles. The summed E-state index contributed by atoms with van der Waals surface area (Å²) in [5, 5.41) is 16.4. The van der Waals surface area contributed by atoms with Crippen molar-refractivity contribution in [2.75, 3.05) is 0 Å². The van der Waals surface area contributed by atoms with Gasteiger partial charge in [0.2, 0.25) is 0 Å². The molecule has 0 atom stereocenters. The van der Waals surface area contributed by atoms with Gasteiger partial charge in [0, 0.05) is 6.07 Å². The van der Waals surface area contributed by atoms with Gasteiger partial charge in [-0.05, 0) is 0 Å². The van der Waals surface area contributed by atoms with Crippen LogP contribution in [0.15, 0.2) is 12.3 Å². The molecule has 0 spiro atoms. The first-order valence-electron chi connectivity index (χ1n) is 2.14. The molecule has 0 unspecified atom stereocenters. The second-order valence-corrected chi connectivity index (χ2v) is 1.30. The van der Waals surface area contributed by atoms with Gasteiger partial charge >= 0.3 is 0 Å². The van der Waals surface area contributed by atoms with Crippen molar-refractivity contribution in [2.24, 2.45) is 0 Å². The number of nitrogens with zero attached hydrogens (tertiary/aromatic N) is 3. The highest BCUT2D eigenvalue weighted by molar-refractivity contribution is 5.20. The molecule has 1 radical (unpaired) electrons. The lowest BCUT2D eigenvalue weighted by atomic mass is 10.5. The Morgan fingerprint density at radius 2 is 2.56 bits per heavy atom. The van der Waals surface area contributed by atoms with E-state index in [4.69, 9.17) is 0 Å². The Bertz CT molecular complexity index is 210. The van der Waals surface area contributed by atoms with Crippen molar-refractivity contribution in [3.8, 4) is 0 Å². The van der Waals surface area contributed by atoms with E-state index in [9.17, 15) is 10.1 Å². The fraction of sp³-hybridized carbons (Fsp3) is 0. The number of aromatic nitrogens is 2. The molecule has 1 rings (SSSR count). The third-order valence-electron chi connectivity index (χ3n) is 0.729. The Morgan fingerprint density at radius 3 is 2.89 bits per heavy atom. The first-order valence-corrected chi connectivity index (χ1v) is 2.14. The molecule has 45 valence electrons. The zero-order valence-corrected chi connectivity index (χ0v) is 4.31. The quantitative estimate of drug-likeness (QED) is 0.395. The summed E-state index contributed by atoms with van der Waals surface area (Å²) in [6.07, 6.45) is 3.31. The second-order valence-electron chi connectivity index (χ2n) is 1.30. The maximum Gasteiger partial charge on any atom is 0.291 e. The Hall–Kier alpha value is -1.52. The van der Waals surface area contributed by atoms with E-state index in [2.05, 4.69) is 16.4 Å². The minimum absolute atomic E-state index is 0.0926. The number of hydrogen-bond acceptors (Lipinski definition) is 4. The number of hydrogen-bond donors (Lipinski definition) is 0. The average molecular weight is 124 g/mol. The Morgan fingerprint density at radius 1 is 1.78 bits per heavy atom. The zero-order chi connectivity index (χ0) is 6.69. The van der Waals surface area contributed by atoms with E-state index < -0.39 is 4.92 Å².